The van der Waals surface area contributed by atoms with Crippen LogP contribution in [0, 0.1) is 11.3 Å². The fourth-order valence-electron chi connectivity index (χ4n) is 1.27. The van der Waals surface area contributed by atoms with Gasteiger partial charge in [-0.1, -0.05) is 13.0 Å². The van der Waals surface area contributed by atoms with Gasteiger partial charge in [0.1, 0.15) is 6.07 Å². The van der Waals surface area contributed by atoms with Crippen molar-refractivity contribution in [1.82, 2.24) is 0 Å². The number of carbonyl (C=O) groups is 1. The number of nitrogens with zero attached hydrogens (tertiary/aromatic N) is 1. The molecule has 3 nitrogen and oxygen atoms in total. The zero-order valence-corrected chi connectivity index (χ0v) is 9.13. The number of carboxylic acid groups (broad SMARTS) is 1. The summed E-state index contributed by atoms with van der Waals surface area (Å²) in [7, 11) is 0. The van der Waals surface area contributed by atoms with Crippen molar-refractivity contribution in [3.8, 4) is 6.07 Å². The highest BCUT2D eigenvalue weighted by Gasteiger charge is 2.16. The van der Waals surface area contributed by atoms with Crippen molar-refractivity contribution < 1.29 is 9.90 Å². The molecule has 1 N–H and O–H groups in total. The first kappa shape index (κ1) is 10.7. The van der Waals surface area contributed by atoms with Crippen LogP contribution in [0.1, 0.15) is 28.4 Å². The van der Waals surface area contributed by atoms with Crippen LogP contribution < -0.4 is 0 Å². The molecule has 4 heteroatoms. The Morgan fingerprint density at radius 3 is 2.71 bits per heavy atom. The Kier molecular flexibility index (Phi) is 3.26. The van der Waals surface area contributed by atoms with Crippen molar-refractivity contribution >= 4 is 21.9 Å². The van der Waals surface area contributed by atoms with Crippen LogP contribution in [-0.2, 0) is 6.42 Å². The summed E-state index contributed by atoms with van der Waals surface area (Å²) in [4.78, 5) is 10.9. The number of aromatic carboxylic acids is 1. The minimum atomic E-state index is -1.06. The van der Waals surface area contributed by atoms with E-state index in [0.717, 1.165) is 0 Å². The minimum absolute atomic E-state index is 0.101. The maximum absolute atomic E-state index is 10.9. The number of hydrogen-bond acceptors (Lipinski definition) is 2. The Hall–Kier alpha value is -1.34. The van der Waals surface area contributed by atoms with Gasteiger partial charge in [0.05, 0.1) is 11.1 Å². The van der Waals surface area contributed by atoms with Gasteiger partial charge in [0.2, 0.25) is 0 Å². The Morgan fingerprint density at radius 2 is 2.29 bits per heavy atom. The van der Waals surface area contributed by atoms with E-state index in [0.29, 0.717) is 16.5 Å². The van der Waals surface area contributed by atoms with E-state index in [4.69, 9.17) is 10.4 Å². The van der Waals surface area contributed by atoms with E-state index in [1.165, 1.54) is 0 Å². The zero-order valence-electron chi connectivity index (χ0n) is 7.54. The van der Waals surface area contributed by atoms with Crippen LogP contribution >= 0.6 is 15.9 Å². The van der Waals surface area contributed by atoms with Crippen molar-refractivity contribution in [2.24, 2.45) is 0 Å². The molecule has 0 radical (unpaired) electrons. The monoisotopic (exact) mass is 253 g/mol. The second kappa shape index (κ2) is 4.25. The van der Waals surface area contributed by atoms with Crippen LogP contribution in [0.25, 0.3) is 0 Å². The molecule has 0 aromatic heterocycles. The number of halogens is 1. The van der Waals surface area contributed by atoms with Gasteiger partial charge in [0.15, 0.2) is 0 Å². The summed E-state index contributed by atoms with van der Waals surface area (Å²) in [5.41, 5.74) is 0.971. The van der Waals surface area contributed by atoms with Gasteiger partial charge in [0.25, 0.3) is 0 Å². The second-order valence-corrected chi connectivity index (χ2v) is 3.58. The third-order valence-electron chi connectivity index (χ3n) is 1.95. The third kappa shape index (κ3) is 1.78. The first-order valence-electron chi connectivity index (χ1n) is 4.06. The zero-order chi connectivity index (χ0) is 10.7. The van der Waals surface area contributed by atoms with Gasteiger partial charge in [-0.15, -0.1) is 0 Å². The number of carboxylic acids is 1. The first-order chi connectivity index (χ1) is 6.61. The molecule has 0 unspecified atom stereocenters. The maximum atomic E-state index is 10.9. The molecule has 1 aromatic carbocycles. The molecule has 1 rings (SSSR count). The molecule has 72 valence electrons. The standard InChI is InChI=1S/C10H8BrNO2/c1-2-6-3-4-8(11)7(5-12)9(6)10(13)14/h3-4H,2H2,1H3,(H,13,14). The molecule has 0 aliphatic rings. The van der Waals surface area contributed by atoms with Gasteiger partial charge in [-0.25, -0.2) is 4.79 Å². The molecule has 0 amide bonds. The van der Waals surface area contributed by atoms with E-state index in [-0.39, 0.29) is 11.1 Å². The van der Waals surface area contributed by atoms with Gasteiger partial charge in [-0.2, -0.15) is 5.26 Å². The van der Waals surface area contributed by atoms with Crippen molar-refractivity contribution in [1.29, 1.82) is 5.26 Å². The SMILES string of the molecule is CCc1ccc(Br)c(C#N)c1C(=O)O. The van der Waals surface area contributed by atoms with Crippen LogP contribution in [0.15, 0.2) is 16.6 Å². The normalized spacial score (nSPS) is 9.50. The van der Waals surface area contributed by atoms with E-state index in [2.05, 4.69) is 15.9 Å². The lowest BCUT2D eigenvalue weighted by molar-refractivity contribution is 0.0695. The molecule has 0 saturated carbocycles. The average Bonchev–Trinajstić information content (AvgIpc) is 2.17. The van der Waals surface area contributed by atoms with E-state index in [9.17, 15) is 4.79 Å². The smallest absolute Gasteiger partial charge is 0.337 e. The topological polar surface area (TPSA) is 61.1 Å². The van der Waals surface area contributed by atoms with Crippen molar-refractivity contribution in [3.05, 3.63) is 33.3 Å². The summed E-state index contributed by atoms with van der Waals surface area (Å²) >= 11 is 3.15. The number of rotatable bonds is 2. The highest BCUT2D eigenvalue weighted by molar-refractivity contribution is 9.10. The molecule has 0 atom stereocenters. The number of hydrogen-bond donors (Lipinski definition) is 1. The predicted molar refractivity (Wildman–Crippen MR) is 55.2 cm³/mol. The van der Waals surface area contributed by atoms with Gasteiger partial charge in [-0.05, 0) is 34.0 Å². The van der Waals surface area contributed by atoms with Crippen molar-refractivity contribution in [2.75, 3.05) is 0 Å². The maximum Gasteiger partial charge on any atom is 0.337 e. The molecular weight excluding hydrogens is 246 g/mol. The van der Waals surface area contributed by atoms with Crippen LogP contribution in [0.4, 0.5) is 0 Å². The van der Waals surface area contributed by atoms with Crippen LogP contribution in [0.3, 0.4) is 0 Å². The van der Waals surface area contributed by atoms with Gasteiger partial charge >= 0.3 is 5.97 Å². The Bertz CT molecular complexity index is 421. The summed E-state index contributed by atoms with van der Waals surface area (Å²) in [6.07, 6.45) is 0.601. The summed E-state index contributed by atoms with van der Waals surface area (Å²) in [5, 5.41) is 17.8. The molecule has 0 aliphatic carbocycles. The summed E-state index contributed by atoms with van der Waals surface area (Å²) < 4.78 is 0.523. The van der Waals surface area contributed by atoms with E-state index in [1.54, 1.807) is 12.1 Å². The molecule has 0 saturated heterocycles. The number of benzene rings is 1. The van der Waals surface area contributed by atoms with Gasteiger partial charge in [0, 0.05) is 4.47 Å². The Balaban J connectivity index is 3.54. The van der Waals surface area contributed by atoms with E-state index in [1.807, 2.05) is 13.0 Å². The Morgan fingerprint density at radius 1 is 1.64 bits per heavy atom. The lowest BCUT2D eigenvalue weighted by Crippen LogP contribution is -2.05. The largest absolute Gasteiger partial charge is 0.478 e. The highest BCUT2D eigenvalue weighted by atomic mass is 79.9. The Labute approximate surface area is 90.1 Å². The molecule has 0 aliphatic heterocycles. The summed E-state index contributed by atoms with van der Waals surface area (Å²) in [6, 6.07) is 5.31. The fourth-order valence-corrected chi connectivity index (χ4v) is 1.69. The number of aryl methyl sites for hydroxylation is 1. The minimum Gasteiger partial charge on any atom is -0.478 e. The van der Waals surface area contributed by atoms with Gasteiger partial charge < -0.3 is 5.11 Å². The van der Waals surface area contributed by atoms with Crippen LogP contribution in [0.5, 0.6) is 0 Å². The van der Waals surface area contributed by atoms with Crippen molar-refractivity contribution in [2.45, 2.75) is 13.3 Å². The van der Waals surface area contributed by atoms with E-state index < -0.39 is 5.97 Å². The van der Waals surface area contributed by atoms with Gasteiger partial charge in [-0.3, -0.25) is 0 Å². The molecule has 0 bridgehead atoms. The lowest BCUT2D eigenvalue weighted by Gasteiger charge is -2.06. The lowest BCUT2D eigenvalue weighted by atomic mass is 10.00. The molecule has 0 fully saturated rings. The molecular formula is C10H8BrNO2. The quantitative estimate of drug-likeness (QED) is 0.882. The summed E-state index contributed by atoms with van der Waals surface area (Å²) in [5.74, 6) is -1.06. The molecule has 14 heavy (non-hydrogen) atoms. The molecule has 1 aromatic rings. The third-order valence-corrected chi connectivity index (χ3v) is 2.61. The summed E-state index contributed by atoms with van der Waals surface area (Å²) in [6.45, 7) is 1.86. The molecule has 0 spiro atoms. The molecule has 0 heterocycles. The van der Waals surface area contributed by atoms with Crippen LogP contribution in [0.2, 0.25) is 0 Å². The predicted octanol–water partition coefficient (Wildman–Crippen LogP) is 2.58. The second-order valence-electron chi connectivity index (χ2n) is 2.73. The van der Waals surface area contributed by atoms with Crippen molar-refractivity contribution in [3.63, 3.8) is 0 Å². The fraction of sp³-hybridized carbons (Fsp3) is 0.200. The number of nitriles is 1. The highest BCUT2D eigenvalue weighted by Crippen LogP contribution is 2.23. The van der Waals surface area contributed by atoms with E-state index >= 15 is 0 Å². The average molecular weight is 254 g/mol. The van der Waals surface area contributed by atoms with Crippen LogP contribution in [-0.4, -0.2) is 11.1 Å². The first-order valence-corrected chi connectivity index (χ1v) is 4.85.